The number of nitrogens with one attached hydrogen (secondary N) is 2. The van der Waals surface area contributed by atoms with Crippen molar-refractivity contribution in [2.24, 2.45) is 0 Å². The Kier molecular flexibility index (Phi) is 8.03. The van der Waals surface area contributed by atoms with Crippen LogP contribution < -0.4 is 14.9 Å². The van der Waals surface area contributed by atoms with E-state index in [1.165, 1.54) is 24.0 Å². The summed E-state index contributed by atoms with van der Waals surface area (Å²) in [6.45, 7) is 4.28. The molecule has 1 aromatic heterocycles. The fourth-order valence-corrected chi connectivity index (χ4v) is 5.28. The highest BCUT2D eigenvalue weighted by Gasteiger charge is 2.33. The normalized spacial score (nSPS) is 15.1. The molecule has 2 heterocycles. The molecule has 37 heavy (non-hydrogen) atoms. The minimum absolute atomic E-state index is 0.00000331. The number of sulfonamides is 1. The van der Waals surface area contributed by atoms with E-state index in [0.717, 1.165) is 22.2 Å². The van der Waals surface area contributed by atoms with E-state index in [9.17, 15) is 18.0 Å². The molecule has 4 rings (SSSR count). The molecule has 0 saturated carbocycles. The van der Waals surface area contributed by atoms with Crippen LogP contribution in [-0.4, -0.2) is 72.6 Å². The Morgan fingerprint density at radius 3 is 2.54 bits per heavy atom. The van der Waals surface area contributed by atoms with Crippen molar-refractivity contribution in [1.82, 2.24) is 25.0 Å². The first-order valence-electron chi connectivity index (χ1n) is 11.7. The second kappa shape index (κ2) is 11.2. The number of hydrogen-bond donors (Lipinski definition) is 3. The van der Waals surface area contributed by atoms with Gasteiger partial charge in [0.05, 0.1) is 17.1 Å². The Morgan fingerprint density at radius 1 is 1.14 bits per heavy atom. The summed E-state index contributed by atoms with van der Waals surface area (Å²) in [6, 6.07) is 14.7. The zero-order chi connectivity index (χ0) is 26.6. The number of hydrogen-bond acceptors (Lipinski definition) is 8. The van der Waals surface area contributed by atoms with Crippen molar-refractivity contribution in [3.8, 4) is 5.75 Å². The van der Waals surface area contributed by atoms with Crippen LogP contribution in [0.2, 0.25) is 0 Å². The summed E-state index contributed by atoms with van der Waals surface area (Å²) in [5.41, 5.74) is 4.30. The van der Waals surface area contributed by atoms with E-state index in [1.807, 2.05) is 37.3 Å². The minimum atomic E-state index is -3.96. The Bertz CT molecular complexity index is 1400. The highest BCUT2D eigenvalue weighted by molar-refractivity contribution is 7.89. The van der Waals surface area contributed by atoms with Gasteiger partial charge in [-0.3, -0.25) is 24.7 Å². The average Bonchev–Trinajstić information content (AvgIpc) is 3.37. The van der Waals surface area contributed by atoms with Gasteiger partial charge < -0.3 is 9.64 Å². The second-order valence-electron chi connectivity index (χ2n) is 8.78. The summed E-state index contributed by atoms with van der Waals surface area (Å²) in [4.78, 5) is 31.5. The lowest BCUT2D eigenvalue weighted by molar-refractivity contribution is -0.135. The van der Waals surface area contributed by atoms with Crippen molar-refractivity contribution in [2.75, 3.05) is 26.3 Å². The molecule has 1 saturated heterocycles. The maximum absolute atomic E-state index is 12.9. The van der Waals surface area contributed by atoms with Gasteiger partial charge in [-0.05, 0) is 43.3 Å². The number of aromatic nitrogens is 1. The standard InChI is InChI=1S/C25H29N5O6S/c1-17-13-19(22-5-3-4-6-23(22)27-17)15-36-20-7-9-21(10-8-20)37(34,35)26-14-24(25(32)28-33)30-12-11-29(16-30)18(2)31/h3-10,13,24,26,33H,11-12,14-16H2,1-2H3,(H,28,32). The largest absolute Gasteiger partial charge is 0.489 e. The zero-order valence-electron chi connectivity index (χ0n) is 20.5. The number of carbonyl (C=O) groups is 2. The molecule has 1 fully saturated rings. The monoisotopic (exact) mass is 527 g/mol. The van der Waals surface area contributed by atoms with Gasteiger partial charge >= 0.3 is 0 Å². The van der Waals surface area contributed by atoms with E-state index in [0.29, 0.717) is 25.4 Å². The number of aryl methyl sites for hydroxylation is 1. The highest BCUT2D eigenvalue weighted by atomic mass is 32.2. The number of benzene rings is 2. The zero-order valence-corrected chi connectivity index (χ0v) is 21.4. The van der Waals surface area contributed by atoms with Crippen LogP contribution in [0.15, 0.2) is 59.5 Å². The quantitative estimate of drug-likeness (QED) is 0.280. The molecular formula is C25H29N5O6S. The molecule has 1 aliphatic heterocycles. The van der Waals surface area contributed by atoms with Gasteiger partial charge in [0.1, 0.15) is 18.4 Å². The van der Waals surface area contributed by atoms with Gasteiger partial charge in [0.25, 0.3) is 5.91 Å². The molecule has 196 valence electrons. The van der Waals surface area contributed by atoms with Crippen LogP contribution >= 0.6 is 0 Å². The summed E-state index contributed by atoms with van der Waals surface area (Å²) in [5.74, 6) is -0.423. The number of rotatable bonds is 9. The number of carbonyl (C=O) groups excluding carboxylic acids is 2. The second-order valence-corrected chi connectivity index (χ2v) is 10.5. The molecule has 3 aromatic rings. The highest BCUT2D eigenvalue weighted by Crippen LogP contribution is 2.22. The van der Waals surface area contributed by atoms with Crippen molar-refractivity contribution in [1.29, 1.82) is 0 Å². The van der Waals surface area contributed by atoms with Gasteiger partial charge in [0.2, 0.25) is 15.9 Å². The topological polar surface area (TPSA) is 141 Å². The lowest BCUT2D eigenvalue weighted by Crippen LogP contribution is -2.52. The van der Waals surface area contributed by atoms with Crippen LogP contribution in [0.25, 0.3) is 10.9 Å². The molecule has 11 nitrogen and oxygen atoms in total. The first-order valence-corrected chi connectivity index (χ1v) is 13.2. The third-order valence-corrected chi connectivity index (χ3v) is 7.67. The van der Waals surface area contributed by atoms with E-state index >= 15 is 0 Å². The fraction of sp³-hybridized carbons (Fsp3) is 0.320. The number of ether oxygens (including phenoxy) is 1. The fourth-order valence-electron chi connectivity index (χ4n) is 4.25. The van der Waals surface area contributed by atoms with Gasteiger partial charge in [-0.25, -0.2) is 18.6 Å². The van der Waals surface area contributed by atoms with E-state index < -0.39 is 22.0 Å². The first-order chi connectivity index (χ1) is 17.7. The molecule has 0 aliphatic carbocycles. The van der Waals surface area contributed by atoms with Crippen LogP contribution in [-0.2, 0) is 26.2 Å². The van der Waals surface area contributed by atoms with Crippen LogP contribution in [0, 0.1) is 6.92 Å². The van der Waals surface area contributed by atoms with E-state index in [-0.39, 0.29) is 24.0 Å². The molecule has 2 aromatic carbocycles. The maximum Gasteiger partial charge on any atom is 0.262 e. The molecule has 1 unspecified atom stereocenters. The van der Waals surface area contributed by atoms with Crippen LogP contribution in [0.3, 0.4) is 0 Å². The predicted octanol–water partition coefficient (Wildman–Crippen LogP) is 1.40. The van der Waals surface area contributed by atoms with Crippen molar-refractivity contribution in [3.63, 3.8) is 0 Å². The van der Waals surface area contributed by atoms with Crippen molar-refractivity contribution in [3.05, 3.63) is 65.9 Å². The summed E-state index contributed by atoms with van der Waals surface area (Å²) in [6.07, 6.45) is 0. The number of nitrogens with zero attached hydrogens (tertiary/aromatic N) is 3. The maximum atomic E-state index is 12.9. The number of pyridine rings is 1. The number of fused-ring (bicyclic) bond motifs is 1. The Morgan fingerprint density at radius 2 is 1.86 bits per heavy atom. The molecular weight excluding hydrogens is 498 g/mol. The van der Waals surface area contributed by atoms with Gasteiger partial charge in [0.15, 0.2) is 0 Å². The summed E-state index contributed by atoms with van der Waals surface area (Å²) in [5, 5.41) is 10.1. The molecule has 2 amide bonds. The van der Waals surface area contributed by atoms with Crippen molar-refractivity contribution >= 4 is 32.7 Å². The molecule has 12 heteroatoms. The minimum Gasteiger partial charge on any atom is -0.489 e. The van der Waals surface area contributed by atoms with E-state index in [1.54, 1.807) is 22.5 Å². The van der Waals surface area contributed by atoms with Crippen LogP contribution in [0.4, 0.5) is 0 Å². The molecule has 0 radical (unpaired) electrons. The van der Waals surface area contributed by atoms with E-state index in [4.69, 9.17) is 9.94 Å². The van der Waals surface area contributed by atoms with Crippen LogP contribution in [0.1, 0.15) is 18.2 Å². The Hall–Kier alpha value is -3.58. The van der Waals surface area contributed by atoms with Crippen LogP contribution in [0.5, 0.6) is 5.75 Å². The number of amides is 2. The predicted molar refractivity (Wildman–Crippen MR) is 135 cm³/mol. The third-order valence-electron chi connectivity index (χ3n) is 6.23. The van der Waals surface area contributed by atoms with E-state index in [2.05, 4.69) is 9.71 Å². The van der Waals surface area contributed by atoms with Gasteiger partial charge in [-0.2, -0.15) is 0 Å². The average molecular weight is 528 g/mol. The summed E-state index contributed by atoms with van der Waals surface area (Å²) >= 11 is 0. The van der Waals surface area contributed by atoms with Gasteiger partial charge in [-0.1, -0.05) is 18.2 Å². The summed E-state index contributed by atoms with van der Waals surface area (Å²) < 4.78 is 34.1. The molecule has 0 bridgehead atoms. The molecule has 1 atom stereocenters. The smallest absolute Gasteiger partial charge is 0.262 e. The molecule has 3 N–H and O–H groups in total. The first kappa shape index (κ1) is 26.5. The lowest BCUT2D eigenvalue weighted by atomic mass is 10.1. The van der Waals surface area contributed by atoms with Gasteiger partial charge in [0, 0.05) is 43.2 Å². The van der Waals surface area contributed by atoms with Gasteiger partial charge in [-0.15, -0.1) is 0 Å². The molecule has 0 spiro atoms. The Labute approximate surface area is 215 Å². The molecule has 1 aliphatic rings. The lowest BCUT2D eigenvalue weighted by Gasteiger charge is -2.26. The third kappa shape index (κ3) is 6.23. The van der Waals surface area contributed by atoms with Crippen molar-refractivity contribution in [2.45, 2.75) is 31.4 Å². The number of para-hydroxylation sites is 1. The SMILES string of the molecule is CC(=O)N1CCN(C(CNS(=O)(=O)c2ccc(OCc3cc(C)nc4ccccc34)cc2)C(=O)NO)C1. The Balaban J connectivity index is 1.40. The van der Waals surface area contributed by atoms with Crippen molar-refractivity contribution < 1.29 is 28.0 Å². The summed E-state index contributed by atoms with van der Waals surface area (Å²) in [7, 11) is -3.96. The number of hydroxylamine groups is 1.